The van der Waals surface area contributed by atoms with E-state index in [9.17, 15) is 4.39 Å². The zero-order valence-electron chi connectivity index (χ0n) is 8.30. The zero-order chi connectivity index (χ0) is 10.0. The fourth-order valence-electron chi connectivity index (χ4n) is 2.39. The molecule has 1 aromatic rings. The second-order valence-corrected chi connectivity index (χ2v) is 4.24. The van der Waals surface area contributed by atoms with Gasteiger partial charge in [0.2, 0.25) is 0 Å². The monoisotopic (exact) mass is 193 g/mol. The van der Waals surface area contributed by atoms with E-state index in [1.807, 2.05) is 24.3 Å². The molecule has 1 aromatic carbocycles. The van der Waals surface area contributed by atoms with Crippen LogP contribution >= 0.6 is 0 Å². The summed E-state index contributed by atoms with van der Waals surface area (Å²) in [6.07, 6.45) is 4.25. The van der Waals surface area contributed by atoms with E-state index >= 15 is 0 Å². The normalized spacial score (nSPS) is 19.8. The molecule has 0 spiro atoms. The van der Waals surface area contributed by atoms with Gasteiger partial charge in [-0.3, -0.25) is 4.39 Å². The Morgan fingerprint density at radius 3 is 2.21 bits per heavy atom. The Morgan fingerprint density at radius 2 is 1.71 bits per heavy atom. The minimum atomic E-state index is -0.239. The van der Waals surface area contributed by atoms with Gasteiger partial charge in [0.15, 0.2) is 0 Å². The second-order valence-electron chi connectivity index (χ2n) is 4.24. The smallest absolute Gasteiger partial charge is 0.0990 e. The highest BCUT2D eigenvalue weighted by Gasteiger charge is 2.35. The average Bonchev–Trinajstić information content (AvgIpc) is 2.68. The summed E-state index contributed by atoms with van der Waals surface area (Å²) in [6, 6.07) is 7.68. The first-order chi connectivity index (χ1) is 6.77. The van der Waals surface area contributed by atoms with Crippen LogP contribution in [0.4, 0.5) is 10.1 Å². The molecule has 2 rings (SSSR count). The predicted molar refractivity (Wildman–Crippen MR) is 57.0 cm³/mol. The standard InChI is InChI=1S/C12H16FN/c13-9-12(7-1-2-8-12)10-3-5-11(14)6-4-10/h3-6H,1-2,7-9,14H2. The van der Waals surface area contributed by atoms with Crippen LogP contribution in [0.3, 0.4) is 0 Å². The molecule has 0 amide bonds. The molecule has 14 heavy (non-hydrogen) atoms. The van der Waals surface area contributed by atoms with Crippen LogP contribution in [-0.2, 0) is 5.41 Å². The summed E-state index contributed by atoms with van der Waals surface area (Å²) in [7, 11) is 0. The van der Waals surface area contributed by atoms with Crippen molar-refractivity contribution in [1.29, 1.82) is 0 Å². The highest BCUT2D eigenvalue weighted by molar-refractivity contribution is 5.42. The van der Waals surface area contributed by atoms with Gasteiger partial charge in [0.05, 0.1) is 6.67 Å². The molecule has 76 valence electrons. The number of nitrogen functional groups attached to an aromatic ring is 1. The lowest BCUT2D eigenvalue weighted by molar-refractivity contribution is 0.309. The second kappa shape index (κ2) is 3.60. The fourth-order valence-corrected chi connectivity index (χ4v) is 2.39. The Bertz CT molecular complexity index is 299. The number of benzene rings is 1. The zero-order valence-corrected chi connectivity index (χ0v) is 8.30. The van der Waals surface area contributed by atoms with Crippen molar-refractivity contribution in [3.8, 4) is 0 Å². The largest absolute Gasteiger partial charge is 0.399 e. The summed E-state index contributed by atoms with van der Waals surface area (Å²) in [6.45, 7) is -0.239. The number of halogens is 1. The summed E-state index contributed by atoms with van der Waals surface area (Å²) >= 11 is 0. The topological polar surface area (TPSA) is 26.0 Å². The molecule has 0 aromatic heterocycles. The molecule has 1 fully saturated rings. The molecule has 0 saturated heterocycles. The predicted octanol–water partition coefficient (Wildman–Crippen LogP) is 3.05. The van der Waals surface area contributed by atoms with Crippen LogP contribution in [-0.4, -0.2) is 6.67 Å². The van der Waals surface area contributed by atoms with E-state index < -0.39 is 0 Å². The molecule has 0 heterocycles. The minimum absolute atomic E-state index is 0.201. The average molecular weight is 193 g/mol. The Balaban J connectivity index is 2.31. The van der Waals surface area contributed by atoms with Gasteiger partial charge in [0.25, 0.3) is 0 Å². The van der Waals surface area contributed by atoms with Gasteiger partial charge in [-0.25, -0.2) is 0 Å². The number of rotatable bonds is 2. The van der Waals surface area contributed by atoms with Crippen LogP contribution in [0.25, 0.3) is 0 Å². The van der Waals surface area contributed by atoms with Crippen molar-refractivity contribution in [1.82, 2.24) is 0 Å². The molecule has 1 nitrogen and oxygen atoms in total. The summed E-state index contributed by atoms with van der Waals surface area (Å²) in [5, 5.41) is 0. The van der Waals surface area contributed by atoms with E-state index in [1.165, 1.54) is 0 Å². The quantitative estimate of drug-likeness (QED) is 0.718. The van der Waals surface area contributed by atoms with Crippen LogP contribution in [0.2, 0.25) is 0 Å². The third-order valence-corrected chi connectivity index (χ3v) is 3.34. The molecular weight excluding hydrogens is 177 g/mol. The molecule has 1 saturated carbocycles. The molecule has 0 atom stereocenters. The van der Waals surface area contributed by atoms with Gasteiger partial charge in [-0.15, -0.1) is 0 Å². The summed E-state index contributed by atoms with van der Waals surface area (Å²) in [4.78, 5) is 0. The van der Waals surface area contributed by atoms with E-state index in [0.29, 0.717) is 0 Å². The van der Waals surface area contributed by atoms with Crippen molar-refractivity contribution in [2.45, 2.75) is 31.1 Å². The Hall–Kier alpha value is -1.05. The molecule has 0 unspecified atom stereocenters. The van der Waals surface area contributed by atoms with Crippen molar-refractivity contribution < 1.29 is 4.39 Å². The summed E-state index contributed by atoms with van der Waals surface area (Å²) in [5.41, 5.74) is 7.28. The lowest BCUT2D eigenvalue weighted by Crippen LogP contribution is -2.24. The highest BCUT2D eigenvalue weighted by Crippen LogP contribution is 2.41. The van der Waals surface area contributed by atoms with E-state index in [1.54, 1.807) is 0 Å². The molecular formula is C12H16FN. The number of hydrogen-bond donors (Lipinski definition) is 1. The van der Waals surface area contributed by atoms with Gasteiger partial charge in [-0.05, 0) is 30.5 Å². The number of anilines is 1. The first-order valence-electron chi connectivity index (χ1n) is 5.19. The number of alkyl halides is 1. The first-order valence-corrected chi connectivity index (χ1v) is 5.19. The van der Waals surface area contributed by atoms with Crippen LogP contribution in [0, 0.1) is 0 Å². The van der Waals surface area contributed by atoms with Crippen molar-refractivity contribution in [2.75, 3.05) is 12.4 Å². The Labute approximate surface area is 84.1 Å². The van der Waals surface area contributed by atoms with E-state index in [4.69, 9.17) is 5.73 Å². The SMILES string of the molecule is Nc1ccc(C2(CF)CCCC2)cc1. The molecule has 1 aliphatic rings. The maximum Gasteiger partial charge on any atom is 0.0990 e. The van der Waals surface area contributed by atoms with Crippen molar-refractivity contribution in [2.24, 2.45) is 0 Å². The van der Waals surface area contributed by atoms with Gasteiger partial charge >= 0.3 is 0 Å². The minimum Gasteiger partial charge on any atom is -0.399 e. The van der Waals surface area contributed by atoms with Gasteiger partial charge < -0.3 is 5.73 Å². The molecule has 0 radical (unpaired) electrons. The first kappa shape index (κ1) is 9.50. The lowest BCUT2D eigenvalue weighted by Gasteiger charge is -2.25. The third kappa shape index (κ3) is 1.49. The van der Waals surface area contributed by atoms with Gasteiger partial charge in [-0.2, -0.15) is 0 Å². The van der Waals surface area contributed by atoms with Crippen LogP contribution < -0.4 is 5.73 Å². The van der Waals surface area contributed by atoms with Crippen LogP contribution in [0.5, 0.6) is 0 Å². The fraction of sp³-hybridized carbons (Fsp3) is 0.500. The van der Waals surface area contributed by atoms with Crippen molar-refractivity contribution in [3.63, 3.8) is 0 Å². The maximum atomic E-state index is 13.1. The maximum absolute atomic E-state index is 13.1. The Kier molecular flexibility index (Phi) is 2.44. The highest BCUT2D eigenvalue weighted by atomic mass is 19.1. The van der Waals surface area contributed by atoms with Gasteiger partial charge in [0, 0.05) is 11.1 Å². The van der Waals surface area contributed by atoms with Crippen molar-refractivity contribution >= 4 is 5.69 Å². The van der Waals surface area contributed by atoms with Crippen LogP contribution in [0.15, 0.2) is 24.3 Å². The van der Waals surface area contributed by atoms with E-state index in [2.05, 4.69) is 0 Å². The van der Waals surface area contributed by atoms with E-state index in [-0.39, 0.29) is 12.1 Å². The molecule has 2 heteroatoms. The summed E-state index contributed by atoms with van der Waals surface area (Å²) in [5.74, 6) is 0. The molecule has 0 aliphatic heterocycles. The molecule has 1 aliphatic carbocycles. The molecule has 0 bridgehead atoms. The number of nitrogens with two attached hydrogens (primary N) is 1. The van der Waals surface area contributed by atoms with Crippen molar-refractivity contribution in [3.05, 3.63) is 29.8 Å². The van der Waals surface area contributed by atoms with Crippen LogP contribution in [0.1, 0.15) is 31.2 Å². The Morgan fingerprint density at radius 1 is 1.14 bits per heavy atom. The summed E-state index contributed by atoms with van der Waals surface area (Å²) < 4.78 is 13.1. The van der Waals surface area contributed by atoms with Gasteiger partial charge in [0.1, 0.15) is 0 Å². The number of hydrogen-bond acceptors (Lipinski definition) is 1. The van der Waals surface area contributed by atoms with Gasteiger partial charge in [-0.1, -0.05) is 25.0 Å². The van der Waals surface area contributed by atoms with E-state index in [0.717, 1.165) is 36.9 Å². The molecule has 2 N–H and O–H groups in total. The third-order valence-electron chi connectivity index (χ3n) is 3.34. The lowest BCUT2D eigenvalue weighted by atomic mass is 9.80.